The molecule has 5 nitrogen and oxygen atoms in total. The zero-order chi connectivity index (χ0) is 13.2. The van der Waals surface area contributed by atoms with Crippen molar-refractivity contribution in [2.75, 3.05) is 32.8 Å². The van der Waals surface area contributed by atoms with Crippen molar-refractivity contribution < 1.29 is 14.3 Å². The second-order valence-electron chi connectivity index (χ2n) is 4.96. The van der Waals surface area contributed by atoms with Crippen molar-refractivity contribution >= 4 is 5.91 Å². The number of ether oxygens (including phenoxy) is 2. The Morgan fingerprint density at radius 2 is 2.11 bits per heavy atom. The average molecular weight is 262 g/mol. The van der Waals surface area contributed by atoms with Gasteiger partial charge in [0.2, 0.25) is 0 Å². The second-order valence-corrected chi connectivity index (χ2v) is 4.96. The van der Waals surface area contributed by atoms with Crippen molar-refractivity contribution in [1.82, 2.24) is 10.2 Å². The summed E-state index contributed by atoms with van der Waals surface area (Å²) in [6, 6.07) is 5.74. The largest absolute Gasteiger partial charge is 0.486 e. The number of fused-ring (bicyclic) bond motifs is 1. The zero-order valence-corrected chi connectivity index (χ0v) is 11.0. The number of benzene rings is 1. The second kappa shape index (κ2) is 5.09. The van der Waals surface area contributed by atoms with E-state index in [-0.39, 0.29) is 5.91 Å². The molecule has 1 fully saturated rings. The zero-order valence-electron chi connectivity index (χ0n) is 11.0. The SMILES string of the molecule is C[C@H]1CN(C(=O)c2ccc3c(c2)OCCO3)CCN1. The maximum atomic E-state index is 12.4. The first-order valence-electron chi connectivity index (χ1n) is 6.66. The average Bonchev–Trinajstić information content (AvgIpc) is 2.46. The number of amides is 1. The Morgan fingerprint density at radius 3 is 2.89 bits per heavy atom. The lowest BCUT2D eigenvalue weighted by Gasteiger charge is -2.32. The molecule has 1 amide bonds. The van der Waals surface area contributed by atoms with Crippen LogP contribution in [0.3, 0.4) is 0 Å². The summed E-state index contributed by atoms with van der Waals surface area (Å²) < 4.78 is 11.0. The van der Waals surface area contributed by atoms with Gasteiger partial charge in [0.1, 0.15) is 13.2 Å². The Balaban J connectivity index is 1.79. The fraction of sp³-hybridized carbons (Fsp3) is 0.500. The van der Waals surface area contributed by atoms with E-state index in [0.717, 1.165) is 25.4 Å². The lowest BCUT2D eigenvalue weighted by atomic mass is 10.1. The standard InChI is InChI=1S/C14H18N2O3/c1-10-9-16(5-4-15-10)14(17)11-2-3-12-13(8-11)19-7-6-18-12/h2-3,8,10,15H,4-7,9H2,1H3/t10-/m0/s1. The molecule has 5 heteroatoms. The van der Waals surface area contributed by atoms with E-state index in [9.17, 15) is 4.79 Å². The minimum Gasteiger partial charge on any atom is -0.486 e. The summed E-state index contributed by atoms with van der Waals surface area (Å²) in [5, 5.41) is 3.33. The van der Waals surface area contributed by atoms with Crippen LogP contribution in [0.1, 0.15) is 17.3 Å². The van der Waals surface area contributed by atoms with E-state index < -0.39 is 0 Å². The van der Waals surface area contributed by atoms with Gasteiger partial charge >= 0.3 is 0 Å². The monoisotopic (exact) mass is 262 g/mol. The van der Waals surface area contributed by atoms with Crippen LogP contribution in [0.15, 0.2) is 18.2 Å². The van der Waals surface area contributed by atoms with E-state index in [1.807, 2.05) is 17.0 Å². The molecule has 0 aliphatic carbocycles. The molecule has 1 saturated heterocycles. The molecule has 19 heavy (non-hydrogen) atoms. The number of rotatable bonds is 1. The maximum Gasteiger partial charge on any atom is 0.254 e. The van der Waals surface area contributed by atoms with Gasteiger partial charge in [-0.1, -0.05) is 0 Å². The Kier molecular flexibility index (Phi) is 3.29. The number of nitrogens with one attached hydrogen (secondary N) is 1. The van der Waals surface area contributed by atoms with Gasteiger partial charge in [0.05, 0.1) is 0 Å². The third-order valence-corrected chi connectivity index (χ3v) is 3.45. The summed E-state index contributed by atoms with van der Waals surface area (Å²) in [7, 11) is 0. The van der Waals surface area contributed by atoms with Crippen LogP contribution in [0.5, 0.6) is 11.5 Å². The molecule has 2 aliphatic heterocycles. The molecular weight excluding hydrogens is 244 g/mol. The molecule has 0 radical (unpaired) electrons. The summed E-state index contributed by atoms with van der Waals surface area (Å²) in [6.45, 7) is 5.52. The fourth-order valence-corrected chi connectivity index (χ4v) is 2.48. The van der Waals surface area contributed by atoms with Gasteiger partial charge in [-0.05, 0) is 25.1 Å². The Hall–Kier alpha value is -1.75. The van der Waals surface area contributed by atoms with E-state index in [4.69, 9.17) is 9.47 Å². The summed E-state index contributed by atoms with van der Waals surface area (Å²) in [6.07, 6.45) is 0. The summed E-state index contributed by atoms with van der Waals surface area (Å²) in [4.78, 5) is 14.3. The van der Waals surface area contributed by atoms with Gasteiger partial charge in [0.15, 0.2) is 11.5 Å². The van der Waals surface area contributed by atoms with E-state index in [1.165, 1.54) is 0 Å². The van der Waals surface area contributed by atoms with Crippen LogP contribution in [0.4, 0.5) is 0 Å². The van der Waals surface area contributed by atoms with Crippen LogP contribution in [0.2, 0.25) is 0 Å². The summed E-state index contributed by atoms with van der Waals surface area (Å²) in [5.74, 6) is 1.45. The summed E-state index contributed by atoms with van der Waals surface area (Å²) in [5.41, 5.74) is 0.665. The highest BCUT2D eigenvalue weighted by atomic mass is 16.6. The lowest BCUT2D eigenvalue weighted by molar-refractivity contribution is 0.0708. The number of carbonyl (C=O) groups excluding carboxylic acids is 1. The van der Waals surface area contributed by atoms with Crippen LogP contribution < -0.4 is 14.8 Å². The van der Waals surface area contributed by atoms with E-state index in [0.29, 0.717) is 30.6 Å². The molecular formula is C14H18N2O3. The number of hydrogen-bond acceptors (Lipinski definition) is 4. The van der Waals surface area contributed by atoms with Crippen molar-refractivity contribution in [3.05, 3.63) is 23.8 Å². The molecule has 1 atom stereocenters. The molecule has 1 aromatic carbocycles. The van der Waals surface area contributed by atoms with Gasteiger partial charge in [-0.2, -0.15) is 0 Å². The molecule has 1 aromatic rings. The van der Waals surface area contributed by atoms with Crippen molar-refractivity contribution in [3.63, 3.8) is 0 Å². The van der Waals surface area contributed by atoms with Crippen LogP contribution in [0.25, 0.3) is 0 Å². The van der Waals surface area contributed by atoms with Crippen LogP contribution in [-0.4, -0.2) is 49.7 Å². The molecule has 1 N–H and O–H groups in total. The molecule has 102 valence electrons. The highest BCUT2D eigenvalue weighted by molar-refractivity contribution is 5.95. The number of nitrogens with zero attached hydrogens (tertiary/aromatic N) is 1. The molecule has 2 aliphatic rings. The van der Waals surface area contributed by atoms with Crippen LogP contribution in [-0.2, 0) is 0 Å². The van der Waals surface area contributed by atoms with Crippen molar-refractivity contribution in [1.29, 1.82) is 0 Å². The third-order valence-electron chi connectivity index (χ3n) is 3.45. The summed E-state index contributed by atoms with van der Waals surface area (Å²) >= 11 is 0. The highest BCUT2D eigenvalue weighted by Gasteiger charge is 2.23. The van der Waals surface area contributed by atoms with Gasteiger partial charge in [-0.3, -0.25) is 4.79 Å². The first kappa shape index (κ1) is 12.3. The van der Waals surface area contributed by atoms with Gasteiger partial charge in [-0.15, -0.1) is 0 Å². The quantitative estimate of drug-likeness (QED) is 0.816. The molecule has 0 aromatic heterocycles. The van der Waals surface area contributed by atoms with E-state index in [1.54, 1.807) is 6.07 Å². The van der Waals surface area contributed by atoms with Crippen molar-refractivity contribution in [2.24, 2.45) is 0 Å². The fourth-order valence-electron chi connectivity index (χ4n) is 2.48. The normalized spacial score (nSPS) is 22.2. The first-order valence-corrected chi connectivity index (χ1v) is 6.66. The van der Waals surface area contributed by atoms with Crippen LogP contribution in [0, 0.1) is 0 Å². The molecule has 3 rings (SSSR count). The van der Waals surface area contributed by atoms with Gasteiger partial charge < -0.3 is 19.7 Å². The van der Waals surface area contributed by atoms with E-state index >= 15 is 0 Å². The lowest BCUT2D eigenvalue weighted by Crippen LogP contribution is -2.51. The van der Waals surface area contributed by atoms with Gasteiger partial charge in [0, 0.05) is 31.2 Å². The smallest absolute Gasteiger partial charge is 0.254 e. The third kappa shape index (κ3) is 2.51. The molecule has 0 saturated carbocycles. The topological polar surface area (TPSA) is 50.8 Å². The minimum absolute atomic E-state index is 0.0605. The van der Waals surface area contributed by atoms with Crippen molar-refractivity contribution in [3.8, 4) is 11.5 Å². The predicted octanol–water partition coefficient (Wildman–Crippen LogP) is 0.892. The van der Waals surface area contributed by atoms with Gasteiger partial charge in [0.25, 0.3) is 5.91 Å². The van der Waals surface area contributed by atoms with E-state index in [2.05, 4.69) is 12.2 Å². The molecule has 0 spiro atoms. The highest BCUT2D eigenvalue weighted by Crippen LogP contribution is 2.31. The molecule has 0 bridgehead atoms. The molecule has 0 unspecified atom stereocenters. The number of piperazine rings is 1. The predicted molar refractivity (Wildman–Crippen MR) is 70.8 cm³/mol. The minimum atomic E-state index is 0.0605. The maximum absolute atomic E-state index is 12.4. The van der Waals surface area contributed by atoms with Crippen LogP contribution >= 0.6 is 0 Å². The van der Waals surface area contributed by atoms with Crippen molar-refractivity contribution in [2.45, 2.75) is 13.0 Å². The Labute approximate surface area is 112 Å². The Bertz CT molecular complexity index is 490. The first-order chi connectivity index (χ1) is 9.24. The Morgan fingerprint density at radius 1 is 1.32 bits per heavy atom. The molecule has 2 heterocycles. The number of carbonyl (C=O) groups is 1. The van der Waals surface area contributed by atoms with Gasteiger partial charge in [-0.25, -0.2) is 0 Å². The number of hydrogen-bond donors (Lipinski definition) is 1.